The van der Waals surface area contributed by atoms with Gasteiger partial charge in [-0.15, -0.1) is 0 Å². The Morgan fingerprint density at radius 2 is 2.23 bits per heavy atom. The Kier molecular flexibility index (Phi) is 3.98. The van der Waals surface area contributed by atoms with Crippen molar-refractivity contribution < 1.29 is 22.4 Å². The lowest BCUT2D eigenvalue weighted by Gasteiger charge is -2.49. The minimum atomic E-state index is -3.28. The quantitative estimate of drug-likeness (QED) is 0.786. The maximum atomic E-state index is 12.7. The lowest BCUT2D eigenvalue weighted by Crippen LogP contribution is -2.68. The lowest BCUT2D eigenvalue weighted by molar-refractivity contribution is 0.0402. The first-order valence-corrected chi connectivity index (χ1v) is 10.0. The van der Waals surface area contributed by atoms with Crippen molar-refractivity contribution >= 4 is 15.7 Å². The molecule has 2 saturated heterocycles. The summed E-state index contributed by atoms with van der Waals surface area (Å²) in [6.45, 7) is 2.42. The van der Waals surface area contributed by atoms with E-state index < -0.39 is 14.6 Å². The van der Waals surface area contributed by atoms with Gasteiger partial charge in [0, 0.05) is 30.9 Å². The van der Waals surface area contributed by atoms with Gasteiger partial charge in [-0.25, -0.2) is 18.4 Å². The fourth-order valence-electron chi connectivity index (χ4n) is 3.69. The molecular formula is C17H19N3O5S. The first-order valence-electron chi connectivity index (χ1n) is 8.37. The summed E-state index contributed by atoms with van der Waals surface area (Å²) in [7, 11) is -3.28. The van der Waals surface area contributed by atoms with E-state index in [2.05, 4.69) is 9.97 Å². The molecule has 0 bridgehead atoms. The van der Waals surface area contributed by atoms with Gasteiger partial charge in [0.05, 0.1) is 24.2 Å². The van der Waals surface area contributed by atoms with E-state index in [1.54, 1.807) is 23.2 Å². The Morgan fingerprint density at radius 1 is 1.42 bits per heavy atom. The number of hydrogen-bond acceptors (Lipinski definition) is 7. The fraction of sp³-hybridized carbons (Fsp3) is 0.471. The van der Waals surface area contributed by atoms with Crippen molar-refractivity contribution in [1.82, 2.24) is 14.9 Å². The second kappa shape index (κ2) is 6.08. The van der Waals surface area contributed by atoms with Crippen molar-refractivity contribution in [1.29, 1.82) is 0 Å². The molecule has 138 valence electrons. The molecule has 0 radical (unpaired) electrons. The third-order valence-electron chi connectivity index (χ3n) is 5.26. The average Bonchev–Trinajstić information content (AvgIpc) is 3.17. The van der Waals surface area contributed by atoms with Crippen molar-refractivity contribution in [3.8, 4) is 6.01 Å². The van der Waals surface area contributed by atoms with Gasteiger partial charge in [0.15, 0.2) is 9.84 Å². The third kappa shape index (κ3) is 2.66. The van der Waals surface area contributed by atoms with Crippen LogP contribution in [0.3, 0.4) is 0 Å². The molecular weight excluding hydrogens is 358 g/mol. The molecule has 0 unspecified atom stereocenters. The highest BCUT2D eigenvalue weighted by Gasteiger charge is 2.62. The molecule has 4 heterocycles. The molecule has 1 spiro atoms. The Morgan fingerprint density at radius 3 is 2.92 bits per heavy atom. The molecule has 1 amide bonds. The van der Waals surface area contributed by atoms with Gasteiger partial charge in [-0.05, 0) is 25.5 Å². The summed E-state index contributed by atoms with van der Waals surface area (Å²) in [6.07, 6.45) is 4.91. The zero-order valence-corrected chi connectivity index (χ0v) is 15.1. The second-order valence-electron chi connectivity index (χ2n) is 6.83. The SMILES string of the molecule is Cc1ccnc(OC[C@H]2CCS(=O)(=O)C23CN(C(=O)c2ccoc2)C3)n1. The zero-order chi connectivity index (χ0) is 18.4. The van der Waals surface area contributed by atoms with Crippen LogP contribution in [0.25, 0.3) is 0 Å². The Labute approximate surface area is 151 Å². The predicted octanol–water partition coefficient (Wildman–Crippen LogP) is 1.09. The van der Waals surface area contributed by atoms with Gasteiger partial charge in [-0.1, -0.05) is 0 Å². The number of rotatable bonds is 4. The van der Waals surface area contributed by atoms with Gasteiger partial charge in [0.25, 0.3) is 5.91 Å². The number of sulfone groups is 1. The van der Waals surface area contributed by atoms with Crippen LogP contribution in [0.2, 0.25) is 0 Å². The Balaban J connectivity index is 1.47. The summed E-state index contributed by atoms with van der Waals surface area (Å²) in [5.74, 6) is -0.290. The summed E-state index contributed by atoms with van der Waals surface area (Å²) >= 11 is 0. The molecule has 0 N–H and O–H groups in total. The maximum Gasteiger partial charge on any atom is 0.316 e. The zero-order valence-electron chi connectivity index (χ0n) is 14.3. The first-order chi connectivity index (χ1) is 12.4. The average molecular weight is 377 g/mol. The Bertz CT molecular complexity index is 920. The molecule has 0 aliphatic carbocycles. The van der Waals surface area contributed by atoms with Gasteiger partial charge in [-0.3, -0.25) is 4.79 Å². The number of aromatic nitrogens is 2. The number of carbonyl (C=O) groups excluding carboxylic acids is 1. The van der Waals surface area contributed by atoms with E-state index in [-0.39, 0.29) is 43.3 Å². The monoisotopic (exact) mass is 377 g/mol. The third-order valence-corrected chi connectivity index (χ3v) is 7.86. The number of likely N-dealkylation sites (tertiary alicyclic amines) is 1. The fourth-order valence-corrected chi connectivity index (χ4v) is 6.09. The molecule has 8 nitrogen and oxygen atoms in total. The summed E-state index contributed by atoms with van der Waals surface area (Å²) in [6, 6.07) is 3.58. The molecule has 4 rings (SSSR count). The highest BCUT2D eigenvalue weighted by atomic mass is 32.2. The van der Waals surface area contributed by atoms with Crippen LogP contribution >= 0.6 is 0 Å². The van der Waals surface area contributed by atoms with Crippen LogP contribution in [-0.2, 0) is 9.84 Å². The summed E-state index contributed by atoms with van der Waals surface area (Å²) in [5.41, 5.74) is 1.21. The topological polar surface area (TPSA) is 103 Å². The van der Waals surface area contributed by atoms with E-state index in [1.165, 1.54) is 12.5 Å². The van der Waals surface area contributed by atoms with Crippen LogP contribution in [0.15, 0.2) is 35.3 Å². The molecule has 0 aromatic carbocycles. The number of aryl methyl sites for hydroxylation is 1. The van der Waals surface area contributed by atoms with E-state index in [4.69, 9.17) is 9.15 Å². The maximum absolute atomic E-state index is 12.7. The standard InChI is InChI=1S/C17H19N3O5S/c1-12-2-5-18-16(19-12)25-9-14-4-7-26(22,23)17(14)10-20(11-17)15(21)13-3-6-24-8-13/h2-3,5-6,8,14H,4,7,9-11H2,1H3/t14-/m1/s1. The lowest BCUT2D eigenvalue weighted by atomic mass is 9.83. The van der Waals surface area contributed by atoms with Gasteiger partial charge < -0.3 is 14.1 Å². The molecule has 9 heteroatoms. The minimum Gasteiger partial charge on any atom is -0.472 e. The number of ether oxygens (including phenoxy) is 1. The summed E-state index contributed by atoms with van der Waals surface area (Å²) < 4.78 is 35.0. The molecule has 26 heavy (non-hydrogen) atoms. The van der Waals surface area contributed by atoms with Gasteiger partial charge >= 0.3 is 6.01 Å². The van der Waals surface area contributed by atoms with Crippen molar-refractivity contribution in [2.75, 3.05) is 25.4 Å². The largest absolute Gasteiger partial charge is 0.472 e. The summed E-state index contributed by atoms with van der Waals surface area (Å²) in [4.78, 5) is 22.2. The van der Waals surface area contributed by atoms with Crippen LogP contribution < -0.4 is 4.74 Å². The smallest absolute Gasteiger partial charge is 0.316 e. The van der Waals surface area contributed by atoms with E-state index in [1.807, 2.05) is 6.92 Å². The van der Waals surface area contributed by atoms with Crippen molar-refractivity contribution in [2.24, 2.45) is 5.92 Å². The van der Waals surface area contributed by atoms with Crippen LogP contribution in [0.5, 0.6) is 6.01 Å². The Hall–Kier alpha value is -2.42. The van der Waals surface area contributed by atoms with E-state index in [0.717, 1.165) is 5.69 Å². The summed E-state index contributed by atoms with van der Waals surface area (Å²) in [5, 5.41) is 0. The van der Waals surface area contributed by atoms with Gasteiger partial charge in [0.1, 0.15) is 11.0 Å². The molecule has 2 aromatic heterocycles. The molecule has 2 aliphatic heterocycles. The molecule has 2 aromatic rings. The second-order valence-corrected chi connectivity index (χ2v) is 9.28. The molecule has 2 fully saturated rings. The molecule has 2 aliphatic rings. The normalized spacial score (nSPS) is 23.0. The minimum absolute atomic E-state index is 0.115. The number of carbonyl (C=O) groups is 1. The number of furan rings is 1. The molecule has 1 atom stereocenters. The van der Waals surface area contributed by atoms with Gasteiger partial charge in [0.2, 0.25) is 0 Å². The van der Waals surface area contributed by atoms with Crippen LogP contribution in [-0.4, -0.2) is 59.4 Å². The number of nitrogens with zero attached hydrogens (tertiary/aromatic N) is 3. The highest BCUT2D eigenvalue weighted by Crippen LogP contribution is 2.45. The predicted molar refractivity (Wildman–Crippen MR) is 91.5 cm³/mol. The van der Waals surface area contributed by atoms with Crippen LogP contribution in [0.4, 0.5) is 0 Å². The number of hydrogen-bond donors (Lipinski definition) is 0. The van der Waals surface area contributed by atoms with Crippen LogP contribution in [0, 0.1) is 12.8 Å². The number of amides is 1. The van der Waals surface area contributed by atoms with E-state index in [9.17, 15) is 13.2 Å². The van der Waals surface area contributed by atoms with Crippen molar-refractivity contribution in [2.45, 2.75) is 18.1 Å². The van der Waals surface area contributed by atoms with Gasteiger partial charge in [-0.2, -0.15) is 0 Å². The van der Waals surface area contributed by atoms with Crippen molar-refractivity contribution in [3.63, 3.8) is 0 Å². The van der Waals surface area contributed by atoms with E-state index in [0.29, 0.717) is 12.0 Å². The molecule has 0 saturated carbocycles. The van der Waals surface area contributed by atoms with Crippen molar-refractivity contribution in [3.05, 3.63) is 42.1 Å². The first kappa shape index (κ1) is 17.0. The highest BCUT2D eigenvalue weighted by molar-refractivity contribution is 7.93. The van der Waals surface area contributed by atoms with E-state index >= 15 is 0 Å². The van der Waals surface area contributed by atoms with Crippen LogP contribution in [0.1, 0.15) is 22.5 Å².